The minimum atomic E-state index is -0.667. The van der Waals surface area contributed by atoms with E-state index in [4.69, 9.17) is 2.97 Å². The van der Waals surface area contributed by atoms with E-state index in [-0.39, 0.29) is 162 Å². The van der Waals surface area contributed by atoms with Crippen LogP contribution in [0.25, 0.3) is 0 Å². The van der Waals surface area contributed by atoms with Crippen molar-refractivity contribution in [1.82, 2.24) is 89.4 Å². The Balaban J connectivity index is 0. The zero-order chi connectivity index (χ0) is 101. The summed E-state index contributed by atoms with van der Waals surface area (Å²) < 4.78 is 10.0. The zero-order valence-corrected chi connectivity index (χ0v) is 94.3. The average molecular weight is 2240 g/mol. The fraction of sp³-hybridized carbons (Fsp3) is 0.526. The number of likely N-dealkylation sites (N-methyl/N-ethyl adjacent to an activating group) is 2. The van der Waals surface area contributed by atoms with E-state index in [1.807, 2.05) is 24.1 Å². The molecule has 0 atom stereocenters. The van der Waals surface area contributed by atoms with Crippen molar-refractivity contribution < 1.29 is 131 Å². The quantitative estimate of drug-likeness (QED) is 0.0483. The summed E-state index contributed by atoms with van der Waals surface area (Å²) in [7, 11) is 28.4. The largest absolute Gasteiger partial charge is 0.520 e. The first-order chi connectivity index (χ1) is 68.5. The average Bonchev–Trinajstić information content (AvgIpc) is 0.777. The van der Waals surface area contributed by atoms with E-state index in [2.05, 4.69) is 372 Å². The molecule has 0 bridgehead atoms. The van der Waals surface area contributed by atoms with Gasteiger partial charge >= 0.3 is 0 Å². The number of benzene rings is 8. The van der Waals surface area contributed by atoms with E-state index >= 15 is 0 Å². The monoisotopic (exact) mass is 2240 g/mol. The van der Waals surface area contributed by atoms with Crippen LogP contribution in [0.4, 0.5) is 0 Å². The van der Waals surface area contributed by atoms with Crippen molar-refractivity contribution >= 4 is 88.8 Å². The number of rotatable bonds is 20. The predicted molar refractivity (Wildman–Crippen MR) is 616 cm³/mol. The van der Waals surface area contributed by atoms with Crippen molar-refractivity contribution in [1.29, 1.82) is 0 Å². The summed E-state index contributed by atoms with van der Waals surface area (Å²) in [5, 5.41) is 9.97. The minimum absolute atomic E-state index is 0. The number of Topliss-reactive ketones (excluding diaryl/α,β-unsaturated/α-hetero) is 2. The molecule has 8 aromatic rings. The van der Waals surface area contributed by atoms with Crippen LogP contribution in [-0.4, -0.2) is 442 Å². The first kappa shape index (κ1) is 138. The molecule has 12 aliphatic rings. The fourth-order valence-corrected chi connectivity index (χ4v) is 19.3. The molecular weight excluding hydrogens is 2060 g/mol. The van der Waals surface area contributed by atoms with Crippen LogP contribution in [0.2, 0.25) is 0 Å². The molecule has 20 rings (SSSR count). The second-order valence-electron chi connectivity index (χ2n) is 38.3. The van der Waals surface area contributed by atoms with Gasteiger partial charge in [0, 0.05) is 427 Å². The molecule has 0 unspecified atom stereocenters. The minimum Gasteiger partial charge on any atom is -0.520 e. The third-order valence-corrected chi connectivity index (χ3v) is 27.2. The summed E-state index contributed by atoms with van der Waals surface area (Å²) in [6.45, 7) is 48.1. The number of hydrogen-bond acceptors (Lipinski definition) is 20. The Morgan fingerprint density at radius 2 is 0.493 bits per heavy atom. The van der Waals surface area contributed by atoms with Gasteiger partial charge in [-0.2, -0.15) is 19.2 Å². The van der Waals surface area contributed by atoms with E-state index in [0.29, 0.717) is 36.3 Å². The van der Waals surface area contributed by atoms with Crippen molar-refractivity contribution in [2.75, 3.05) is 250 Å². The van der Waals surface area contributed by atoms with E-state index in [9.17, 15) is 28.8 Å². The van der Waals surface area contributed by atoms with Gasteiger partial charge in [0.05, 0.1) is 24.2 Å². The van der Waals surface area contributed by atoms with E-state index < -0.39 is 6.39 Å². The maximum Gasteiger partial charge on any atom is 0.219 e. The first-order valence-corrected chi connectivity index (χ1v) is 50.2. The number of hydrogen-bond donors (Lipinski definition) is 3. The molecule has 14 radical (unpaired) electrons. The van der Waals surface area contributed by atoms with Gasteiger partial charge in [-0.05, 0) is 92.2 Å². The second-order valence-corrected chi connectivity index (χ2v) is 38.3. The summed E-state index contributed by atoms with van der Waals surface area (Å²) in [5.74, 6) is 1.33. The Morgan fingerprint density at radius 1 is 0.311 bits per heavy atom. The Hall–Kier alpha value is -5.81. The number of piperazine rings is 6. The van der Waals surface area contributed by atoms with Gasteiger partial charge in [0.2, 0.25) is 5.91 Å². The summed E-state index contributed by atoms with van der Waals surface area (Å²) in [5.41, 5.74) is 11.1. The van der Waals surface area contributed by atoms with Crippen LogP contribution in [0.3, 0.4) is 0 Å². The van der Waals surface area contributed by atoms with Crippen LogP contribution < -0.4 is 16.0 Å². The van der Waals surface area contributed by atoms with Crippen molar-refractivity contribution in [3.63, 3.8) is 0 Å². The molecule has 34 heteroatoms. The number of ketones is 2. The Kier molecular flexibility index (Phi) is 73.2. The van der Waals surface area contributed by atoms with Gasteiger partial charge < -0.3 is 69.3 Å². The molecule has 8 aromatic carbocycles. The van der Waals surface area contributed by atoms with Crippen LogP contribution >= 0.6 is 0 Å². The number of nitrogens with zero attached hydrogens (tertiary/aromatic N) is 15. The molecule has 12 saturated heterocycles. The number of carbonyl (C=O) groups is 3. The zero-order valence-electron chi connectivity index (χ0n) is 87.8. The SMILES string of the molecule is C.C.C.C.C.C.CC(=O)N1CC(N2CCN([C-]=O)CC2)C1.CC(C)=O.CC(C)=O.CC1CN(C(c2ccccc2)c2ccccc2)C1.CN1CCN(C2CN(C(c3ccccc3)c3ccccc3)C2)CC1.CN1CCNCC1.O=[C-]N1CCN(C2CN(C(c3ccccc3)c3ccccc3)C2)CC1.O=[C-]N1CCN(C2CNC2)CC1.[2HH].[2H][2H].[B]B([B])[B].[B][B][B].[Y].[Y].[Y].c1ccc(C(c2ccccc2)N2CC(N3CCNCC3)C2)cc1. The molecule has 4 amide bonds. The summed E-state index contributed by atoms with van der Waals surface area (Å²) in [4.78, 5) is 96.1. The van der Waals surface area contributed by atoms with Crippen LogP contribution in [0, 0.1) is 5.92 Å². The van der Waals surface area contributed by atoms with Gasteiger partial charge in [-0.25, -0.2) is 0 Å². The number of likely N-dealkylation sites (tertiary alicyclic amines) is 5. The molecule has 792 valence electrons. The van der Waals surface area contributed by atoms with E-state index in [0.717, 1.165) is 175 Å². The summed E-state index contributed by atoms with van der Waals surface area (Å²) in [6, 6.07) is 91.7. The molecule has 0 saturated carbocycles. The topological polar surface area (TPSA) is 187 Å². The summed E-state index contributed by atoms with van der Waals surface area (Å²) in [6.07, 6.45) is 5.21. The third-order valence-electron chi connectivity index (χ3n) is 27.2. The maximum atomic E-state index is 11.0. The molecule has 12 fully saturated rings. The smallest absolute Gasteiger partial charge is 0.219 e. The molecule has 0 aromatic heterocycles. The van der Waals surface area contributed by atoms with Crippen molar-refractivity contribution in [2.24, 2.45) is 5.92 Å². The third kappa shape index (κ3) is 47.9. The fourth-order valence-electron chi connectivity index (χ4n) is 19.3. The Bertz CT molecular complexity index is 4530. The van der Waals surface area contributed by atoms with E-state index in [1.54, 1.807) is 21.6 Å². The molecule has 12 heterocycles. The van der Waals surface area contributed by atoms with Gasteiger partial charge in [-0.3, -0.25) is 48.9 Å². The van der Waals surface area contributed by atoms with Crippen LogP contribution in [0.5, 0.6) is 0 Å². The Morgan fingerprint density at radius 3 is 0.676 bits per heavy atom. The van der Waals surface area contributed by atoms with Crippen LogP contribution in [0.1, 0.15) is 159 Å². The Labute approximate surface area is 983 Å². The van der Waals surface area contributed by atoms with Gasteiger partial charge in [0.15, 0.2) is 0 Å². The molecular formula is C114H177B7N18O6Y3-3. The normalized spacial score (nSPS) is 18.4. The summed E-state index contributed by atoms with van der Waals surface area (Å²) >= 11 is 0. The van der Waals surface area contributed by atoms with E-state index in [1.165, 1.54) is 164 Å². The predicted octanol–water partition coefficient (Wildman–Crippen LogP) is 10.8. The van der Waals surface area contributed by atoms with Gasteiger partial charge in [-0.15, -0.1) is 0 Å². The number of nitrogens with one attached hydrogen (secondary N) is 3. The molecule has 0 spiro atoms. The first-order valence-electron chi connectivity index (χ1n) is 51.2. The van der Waals surface area contributed by atoms with Crippen molar-refractivity contribution in [3.05, 3.63) is 287 Å². The van der Waals surface area contributed by atoms with Crippen molar-refractivity contribution in [2.45, 2.75) is 140 Å². The van der Waals surface area contributed by atoms with Gasteiger partial charge in [-0.1, -0.05) is 294 Å². The molecule has 0 aliphatic carbocycles. The van der Waals surface area contributed by atoms with Crippen LogP contribution in [0.15, 0.2) is 243 Å². The molecule has 148 heavy (non-hydrogen) atoms. The number of carbonyl (C=O) groups excluding carboxylic acids is 6. The van der Waals surface area contributed by atoms with Gasteiger partial charge in [0.25, 0.3) is 0 Å². The molecule has 24 nitrogen and oxygen atoms in total. The second kappa shape index (κ2) is 78.3. The maximum absolute atomic E-state index is 11.0. The molecule has 12 aliphatic heterocycles. The van der Waals surface area contributed by atoms with Crippen molar-refractivity contribution in [3.8, 4) is 0 Å². The molecule has 3 N–H and O–H groups in total. The standard InChI is InChI=1S/C21H24N3O.C21H27N3.C20H25N3.C17H19N.C10H16N3O2.C8H14N3O.C5H12N2.2C3H6O.6CH4.B4.B3.3Y.2H2/c25-17-22-11-13-23(14-12-22)20-15-24(16-20)21(18-7-3-1-4-8-18)19-9-5-2-6-10-19;1-22-12-14-23(15-13-22)20-16-24(17-20)21(18-8-4-2-5-9-18)19-10-6-3-7-11-19;1-3-7-17(8-4-1)20(18-9-5-2-6-10-18)23-15-19(16-23)22-13-11-21-12-14-22;1-14-12-18(13-14)17(15-8-4-2-5-9-15)16-10-6-3-7-11-16;1-9(15)13-6-10(7-13)12-4-2-11(8-14)3-5-12;12-7-10-1-3-11(4-2-10)8-5-9-6-8;1-7-4-2-6-3-5-7;2*1-3(2)4;;;;;;;1-4(2)3;1-3-2;;;;;/h1-10,20-21H,11-16H2;2-11,20-21H,12-17H2,1H3;1-10,19-21H,11-16H2;2-11,14,17H,12-13H2,1H3;10H,2-7H2,1H3;8-9H,1-6H2;6H,2-5H2,1H3;2*1-2H3;6*1H4;;;;;;2*1H/q-1;;;;2*-1;;;;;;;;;;;;;;;;/i;;;;;;;;;;;;;;;;;;;;1+1D;1+1. The number of amides is 4. The van der Waals surface area contributed by atoms with Crippen LogP contribution in [-0.2, 0) is 127 Å². The van der Waals surface area contributed by atoms with Gasteiger partial charge in [0.1, 0.15) is 11.6 Å².